The quantitative estimate of drug-likeness (QED) is 0.596. The van der Waals surface area contributed by atoms with Crippen molar-refractivity contribution >= 4 is 11.9 Å². The van der Waals surface area contributed by atoms with E-state index in [4.69, 9.17) is 10.6 Å². The highest BCUT2D eigenvalue weighted by molar-refractivity contribution is 5.41. The van der Waals surface area contributed by atoms with E-state index in [2.05, 4.69) is 37.2 Å². The van der Waals surface area contributed by atoms with Crippen molar-refractivity contribution < 1.29 is 4.74 Å². The Kier molecular flexibility index (Phi) is 3.93. The molecule has 0 radical (unpaired) electrons. The number of nitrogens with one attached hydrogen (secondary N) is 1. The maximum absolute atomic E-state index is 5.52. The summed E-state index contributed by atoms with van der Waals surface area (Å²) in [6.07, 6.45) is 6.03. The van der Waals surface area contributed by atoms with Crippen LogP contribution in [0.2, 0.25) is 0 Å². The molecular formula is C12H18N8O. The van der Waals surface area contributed by atoms with E-state index in [1.165, 1.54) is 0 Å². The molecule has 0 bridgehead atoms. The molecule has 0 amide bonds. The Balaban J connectivity index is 1.99. The maximum Gasteiger partial charge on any atom is 0.243 e. The van der Waals surface area contributed by atoms with Gasteiger partial charge in [0.25, 0.3) is 0 Å². The Hall–Kier alpha value is -2.26. The van der Waals surface area contributed by atoms with E-state index in [0.717, 1.165) is 13.0 Å². The molecule has 2 aromatic rings. The molecule has 3 N–H and O–H groups in total. The van der Waals surface area contributed by atoms with Gasteiger partial charge in [-0.1, -0.05) is 6.92 Å². The number of hydrogen-bond acceptors (Lipinski definition) is 8. The fourth-order valence-corrected chi connectivity index (χ4v) is 2.30. The average Bonchev–Trinajstić information content (AvgIpc) is 3.09. The smallest absolute Gasteiger partial charge is 0.243 e. The van der Waals surface area contributed by atoms with Gasteiger partial charge < -0.3 is 9.64 Å². The van der Waals surface area contributed by atoms with E-state index in [9.17, 15) is 0 Å². The number of morpholine rings is 1. The summed E-state index contributed by atoms with van der Waals surface area (Å²) in [5.74, 6) is 6.86. The van der Waals surface area contributed by atoms with Crippen LogP contribution in [-0.2, 0) is 4.74 Å². The second-order valence-electron chi connectivity index (χ2n) is 4.70. The molecule has 0 saturated carbocycles. The Morgan fingerprint density at radius 3 is 2.95 bits per heavy atom. The van der Waals surface area contributed by atoms with E-state index >= 15 is 0 Å². The van der Waals surface area contributed by atoms with E-state index in [-0.39, 0.29) is 6.04 Å². The summed E-state index contributed by atoms with van der Waals surface area (Å²) in [5.41, 5.74) is 2.49. The molecule has 2 aromatic heterocycles. The van der Waals surface area contributed by atoms with Gasteiger partial charge in [0.1, 0.15) is 6.33 Å². The number of hydrazine groups is 1. The zero-order chi connectivity index (χ0) is 14.7. The predicted octanol–water partition coefficient (Wildman–Crippen LogP) is -0.0419. The van der Waals surface area contributed by atoms with Gasteiger partial charge >= 0.3 is 0 Å². The zero-order valence-electron chi connectivity index (χ0n) is 11.8. The van der Waals surface area contributed by atoms with Gasteiger partial charge in [0.15, 0.2) is 0 Å². The van der Waals surface area contributed by atoms with Crippen LogP contribution in [-0.4, -0.2) is 50.3 Å². The molecule has 1 unspecified atom stereocenters. The molecule has 0 aliphatic carbocycles. The monoisotopic (exact) mass is 290 g/mol. The minimum atomic E-state index is 0.252. The van der Waals surface area contributed by atoms with Crippen LogP contribution in [0.25, 0.3) is 5.95 Å². The molecule has 1 saturated heterocycles. The molecule has 0 spiro atoms. The molecule has 21 heavy (non-hydrogen) atoms. The van der Waals surface area contributed by atoms with Gasteiger partial charge in [-0.05, 0) is 6.42 Å². The van der Waals surface area contributed by atoms with Crippen LogP contribution in [0.3, 0.4) is 0 Å². The minimum Gasteiger partial charge on any atom is -0.377 e. The van der Waals surface area contributed by atoms with Crippen LogP contribution < -0.4 is 16.2 Å². The summed E-state index contributed by atoms with van der Waals surface area (Å²) in [7, 11) is 0. The van der Waals surface area contributed by atoms with Gasteiger partial charge in [-0.25, -0.2) is 10.8 Å². The Morgan fingerprint density at radius 2 is 2.24 bits per heavy atom. The lowest BCUT2D eigenvalue weighted by atomic mass is 10.2. The highest BCUT2D eigenvalue weighted by Crippen LogP contribution is 2.19. The summed E-state index contributed by atoms with van der Waals surface area (Å²) < 4.78 is 7.23. The van der Waals surface area contributed by atoms with Crippen LogP contribution in [0, 0.1) is 0 Å². The third kappa shape index (κ3) is 2.78. The number of hydrogen-bond donors (Lipinski definition) is 2. The fourth-order valence-electron chi connectivity index (χ4n) is 2.30. The molecule has 0 aromatic carbocycles. The summed E-state index contributed by atoms with van der Waals surface area (Å²) in [6, 6.07) is 0.252. The van der Waals surface area contributed by atoms with E-state index in [0.29, 0.717) is 31.1 Å². The highest BCUT2D eigenvalue weighted by atomic mass is 16.5. The minimum absolute atomic E-state index is 0.252. The summed E-state index contributed by atoms with van der Waals surface area (Å²) >= 11 is 0. The van der Waals surface area contributed by atoms with Gasteiger partial charge in [0.05, 0.1) is 19.3 Å². The average molecular weight is 290 g/mol. The van der Waals surface area contributed by atoms with Crippen molar-refractivity contribution in [1.82, 2.24) is 24.5 Å². The van der Waals surface area contributed by atoms with Crippen molar-refractivity contribution in [3.05, 3.63) is 18.7 Å². The topological polar surface area (TPSA) is 107 Å². The van der Waals surface area contributed by atoms with Crippen LogP contribution in [0.5, 0.6) is 0 Å². The number of aromatic nitrogens is 5. The summed E-state index contributed by atoms with van der Waals surface area (Å²) in [5, 5.41) is 0. The number of nitrogen functional groups attached to an aromatic ring is 1. The first kappa shape index (κ1) is 13.7. The standard InChI is InChI=1S/C12H18N8O/c1-2-9-7-21-6-5-20(9)12-16-10(18-13)15-11(17-12)19-4-3-14-8-19/h3-4,8-9H,2,5-7,13H2,1H3,(H,15,16,17,18). The number of anilines is 2. The van der Waals surface area contributed by atoms with Gasteiger partial charge in [0.2, 0.25) is 17.8 Å². The molecule has 112 valence electrons. The first-order valence-corrected chi connectivity index (χ1v) is 6.87. The third-order valence-corrected chi connectivity index (χ3v) is 3.43. The lowest BCUT2D eigenvalue weighted by molar-refractivity contribution is 0.0921. The maximum atomic E-state index is 5.52. The van der Waals surface area contributed by atoms with E-state index in [1.807, 2.05) is 0 Å². The molecule has 9 heteroatoms. The summed E-state index contributed by atoms with van der Waals surface area (Å²) in [4.78, 5) is 19.3. The second kappa shape index (κ2) is 6.02. The second-order valence-corrected chi connectivity index (χ2v) is 4.70. The van der Waals surface area contributed by atoms with Gasteiger partial charge in [-0.3, -0.25) is 9.99 Å². The molecule has 1 fully saturated rings. The lowest BCUT2D eigenvalue weighted by Crippen LogP contribution is -2.46. The number of nitrogens with two attached hydrogens (primary N) is 1. The van der Waals surface area contributed by atoms with Crippen LogP contribution in [0.1, 0.15) is 13.3 Å². The van der Waals surface area contributed by atoms with Gasteiger partial charge in [0, 0.05) is 18.9 Å². The Morgan fingerprint density at radius 1 is 1.38 bits per heavy atom. The number of rotatable bonds is 4. The van der Waals surface area contributed by atoms with E-state index < -0.39 is 0 Å². The normalized spacial score (nSPS) is 18.8. The number of nitrogens with zero attached hydrogens (tertiary/aromatic N) is 6. The van der Waals surface area contributed by atoms with Crippen molar-refractivity contribution in [2.24, 2.45) is 5.84 Å². The number of ether oxygens (including phenoxy) is 1. The third-order valence-electron chi connectivity index (χ3n) is 3.43. The molecule has 3 heterocycles. The summed E-state index contributed by atoms with van der Waals surface area (Å²) in [6.45, 7) is 4.20. The van der Waals surface area contributed by atoms with Crippen LogP contribution >= 0.6 is 0 Å². The van der Waals surface area contributed by atoms with Crippen molar-refractivity contribution in [2.45, 2.75) is 19.4 Å². The van der Waals surface area contributed by atoms with E-state index in [1.54, 1.807) is 23.3 Å². The molecule has 1 atom stereocenters. The molecule has 1 aliphatic rings. The fraction of sp³-hybridized carbons (Fsp3) is 0.500. The Bertz CT molecular complexity index is 587. The van der Waals surface area contributed by atoms with Crippen LogP contribution in [0.15, 0.2) is 18.7 Å². The molecule has 3 rings (SSSR count). The van der Waals surface area contributed by atoms with Gasteiger partial charge in [-0.15, -0.1) is 0 Å². The van der Waals surface area contributed by atoms with Crippen molar-refractivity contribution in [1.29, 1.82) is 0 Å². The van der Waals surface area contributed by atoms with Crippen LogP contribution in [0.4, 0.5) is 11.9 Å². The number of imidazole rings is 1. The molecule has 1 aliphatic heterocycles. The first-order chi connectivity index (χ1) is 10.3. The van der Waals surface area contributed by atoms with Gasteiger partial charge in [-0.2, -0.15) is 15.0 Å². The first-order valence-electron chi connectivity index (χ1n) is 6.87. The SMILES string of the molecule is CCC1COCCN1c1nc(NN)nc(-n2ccnc2)n1. The largest absolute Gasteiger partial charge is 0.377 e. The molecular weight excluding hydrogens is 272 g/mol. The zero-order valence-corrected chi connectivity index (χ0v) is 11.8. The molecule has 9 nitrogen and oxygen atoms in total. The predicted molar refractivity (Wildman–Crippen MR) is 77.0 cm³/mol. The van der Waals surface area contributed by atoms with Crippen molar-refractivity contribution in [3.63, 3.8) is 0 Å². The Labute approximate surface area is 122 Å². The lowest BCUT2D eigenvalue weighted by Gasteiger charge is -2.35. The highest BCUT2D eigenvalue weighted by Gasteiger charge is 2.25. The van der Waals surface area contributed by atoms with Crippen molar-refractivity contribution in [3.8, 4) is 5.95 Å². The van der Waals surface area contributed by atoms with Crippen molar-refractivity contribution in [2.75, 3.05) is 30.1 Å².